The van der Waals surface area contributed by atoms with E-state index in [0.29, 0.717) is 0 Å². The highest BCUT2D eigenvalue weighted by atomic mass is 16.5. The first-order valence-electron chi connectivity index (χ1n) is 7.70. The normalized spacial score (nSPS) is 18.5. The standard InChI is InChI=1S/C17H27NO3/c1-13(18-11-17(12-19)8-4-5-9-17)15-10-14(20-2)6-7-16(15)21-3/h6-7,10,13,18-19H,4-5,8-9,11-12H2,1-3H3. The summed E-state index contributed by atoms with van der Waals surface area (Å²) in [6.07, 6.45) is 4.66. The van der Waals surface area contributed by atoms with Gasteiger partial charge >= 0.3 is 0 Å². The van der Waals surface area contributed by atoms with Crippen LogP contribution in [0.1, 0.15) is 44.2 Å². The molecule has 1 aromatic carbocycles. The van der Waals surface area contributed by atoms with Crippen LogP contribution in [0.3, 0.4) is 0 Å². The van der Waals surface area contributed by atoms with Gasteiger partial charge in [0.1, 0.15) is 11.5 Å². The van der Waals surface area contributed by atoms with Crippen molar-refractivity contribution in [1.29, 1.82) is 0 Å². The van der Waals surface area contributed by atoms with Crippen LogP contribution in [-0.2, 0) is 0 Å². The van der Waals surface area contributed by atoms with E-state index in [-0.39, 0.29) is 18.1 Å². The first-order chi connectivity index (χ1) is 10.1. The molecule has 2 rings (SSSR count). The van der Waals surface area contributed by atoms with Crippen LogP contribution >= 0.6 is 0 Å². The first kappa shape index (κ1) is 16.1. The van der Waals surface area contributed by atoms with Crippen molar-refractivity contribution in [2.45, 2.75) is 38.6 Å². The van der Waals surface area contributed by atoms with Crippen LogP contribution in [-0.4, -0.2) is 32.5 Å². The summed E-state index contributed by atoms with van der Waals surface area (Å²) in [6.45, 7) is 3.23. The van der Waals surface area contributed by atoms with Gasteiger partial charge in [-0.05, 0) is 38.0 Å². The van der Waals surface area contributed by atoms with Crippen LogP contribution < -0.4 is 14.8 Å². The van der Waals surface area contributed by atoms with E-state index in [9.17, 15) is 5.11 Å². The molecule has 118 valence electrons. The Morgan fingerprint density at radius 3 is 2.52 bits per heavy atom. The summed E-state index contributed by atoms with van der Waals surface area (Å²) in [5.41, 5.74) is 1.14. The summed E-state index contributed by atoms with van der Waals surface area (Å²) in [5, 5.41) is 13.3. The molecule has 21 heavy (non-hydrogen) atoms. The monoisotopic (exact) mass is 293 g/mol. The lowest BCUT2D eigenvalue weighted by molar-refractivity contribution is 0.125. The zero-order chi connectivity index (χ0) is 15.3. The Kier molecular flexibility index (Phi) is 5.48. The molecule has 1 aliphatic carbocycles. The van der Waals surface area contributed by atoms with Crippen LogP contribution in [0.15, 0.2) is 18.2 Å². The van der Waals surface area contributed by atoms with Crippen molar-refractivity contribution in [3.05, 3.63) is 23.8 Å². The van der Waals surface area contributed by atoms with Crippen LogP contribution in [0, 0.1) is 5.41 Å². The quantitative estimate of drug-likeness (QED) is 0.811. The number of nitrogens with one attached hydrogen (secondary N) is 1. The Bertz CT molecular complexity index is 455. The molecule has 1 atom stereocenters. The highest BCUT2D eigenvalue weighted by molar-refractivity contribution is 5.42. The minimum atomic E-state index is 0.0559. The van der Waals surface area contributed by atoms with Crippen molar-refractivity contribution in [3.63, 3.8) is 0 Å². The predicted octanol–water partition coefficient (Wildman–Crippen LogP) is 2.91. The lowest BCUT2D eigenvalue weighted by Crippen LogP contribution is -2.36. The van der Waals surface area contributed by atoms with Crippen molar-refractivity contribution >= 4 is 0 Å². The van der Waals surface area contributed by atoms with Gasteiger partial charge in [0.2, 0.25) is 0 Å². The molecule has 2 N–H and O–H groups in total. The Morgan fingerprint density at radius 1 is 1.24 bits per heavy atom. The van der Waals surface area contributed by atoms with Gasteiger partial charge < -0.3 is 19.9 Å². The number of aliphatic hydroxyl groups excluding tert-OH is 1. The van der Waals surface area contributed by atoms with E-state index >= 15 is 0 Å². The molecule has 1 fully saturated rings. The minimum Gasteiger partial charge on any atom is -0.497 e. The van der Waals surface area contributed by atoms with E-state index in [1.807, 2.05) is 18.2 Å². The lowest BCUT2D eigenvalue weighted by Gasteiger charge is -2.29. The molecule has 0 spiro atoms. The number of hydrogen-bond donors (Lipinski definition) is 2. The van der Waals surface area contributed by atoms with Crippen LogP contribution in [0.5, 0.6) is 11.5 Å². The number of ether oxygens (including phenoxy) is 2. The Labute approximate surface area is 127 Å². The molecule has 0 aromatic heterocycles. The lowest BCUT2D eigenvalue weighted by atomic mass is 9.87. The average Bonchev–Trinajstić information content (AvgIpc) is 3.01. The number of aliphatic hydroxyl groups is 1. The fourth-order valence-electron chi connectivity index (χ4n) is 3.17. The summed E-state index contributed by atoms with van der Waals surface area (Å²) in [6, 6.07) is 6.00. The number of rotatable bonds is 7. The van der Waals surface area contributed by atoms with E-state index in [4.69, 9.17) is 9.47 Å². The van der Waals surface area contributed by atoms with E-state index in [2.05, 4.69) is 12.2 Å². The Balaban J connectivity index is 2.07. The van der Waals surface area contributed by atoms with Crippen molar-refractivity contribution in [1.82, 2.24) is 5.32 Å². The van der Waals surface area contributed by atoms with Gasteiger partial charge in [0.25, 0.3) is 0 Å². The molecular formula is C17H27NO3. The SMILES string of the molecule is COc1ccc(OC)c(C(C)NCC2(CO)CCCC2)c1. The minimum absolute atomic E-state index is 0.0559. The zero-order valence-electron chi connectivity index (χ0n) is 13.3. The van der Waals surface area contributed by atoms with Gasteiger partial charge in [0, 0.05) is 30.2 Å². The maximum Gasteiger partial charge on any atom is 0.123 e. The average molecular weight is 293 g/mol. The van der Waals surface area contributed by atoms with Gasteiger partial charge in [-0.15, -0.1) is 0 Å². The van der Waals surface area contributed by atoms with Crippen molar-refractivity contribution in [2.75, 3.05) is 27.4 Å². The summed E-state index contributed by atoms with van der Waals surface area (Å²) in [5.74, 6) is 1.69. The van der Waals surface area contributed by atoms with Crippen molar-refractivity contribution in [2.24, 2.45) is 5.41 Å². The maximum absolute atomic E-state index is 9.70. The van der Waals surface area contributed by atoms with E-state index < -0.39 is 0 Å². The third kappa shape index (κ3) is 3.69. The van der Waals surface area contributed by atoms with Gasteiger partial charge in [-0.2, -0.15) is 0 Å². The zero-order valence-corrected chi connectivity index (χ0v) is 13.3. The second-order valence-electron chi connectivity index (χ2n) is 6.08. The van der Waals surface area contributed by atoms with Crippen molar-refractivity contribution < 1.29 is 14.6 Å². The molecule has 4 nitrogen and oxygen atoms in total. The third-order valence-electron chi connectivity index (χ3n) is 4.69. The van der Waals surface area contributed by atoms with Crippen LogP contribution in [0.4, 0.5) is 0 Å². The molecular weight excluding hydrogens is 266 g/mol. The van der Waals surface area contributed by atoms with Gasteiger partial charge in [-0.1, -0.05) is 12.8 Å². The molecule has 0 amide bonds. The Morgan fingerprint density at radius 2 is 1.95 bits per heavy atom. The molecule has 1 saturated carbocycles. The molecule has 4 heteroatoms. The molecule has 0 heterocycles. The number of hydrogen-bond acceptors (Lipinski definition) is 4. The summed E-state index contributed by atoms with van der Waals surface area (Å²) >= 11 is 0. The smallest absolute Gasteiger partial charge is 0.123 e. The number of methoxy groups -OCH3 is 2. The largest absolute Gasteiger partial charge is 0.497 e. The summed E-state index contributed by atoms with van der Waals surface area (Å²) in [4.78, 5) is 0. The third-order valence-corrected chi connectivity index (χ3v) is 4.69. The van der Waals surface area contributed by atoms with E-state index in [1.54, 1.807) is 14.2 Å². The summed E-state index contributed by atoms with van der Waals surface area (Å²) in [7, 11) is 3.35. The first-order valence-corrected chi connectivity index (χ1v) is 7.70. The molecule has 1 unspecified atom stereocenters. The molecule has 0 aliphatic heterocycles. The fraction of sp³-hybridized carbons (Fsp3) is 0.647. The summed E-state index contributed by atoms with van der Waals surface area (Å²) < 4.78 is 10.7. The van der Waals surface area contributed by atoms with Crippen LogP contribution in [0.2, 0.25) is 0 Å². The van der Waals surface area contributed by atoms with Gasteiger partial charge in [0.15, 0.2) is 0 Å². The van der Waals surface area contributed by atoms with Gasteiger partial charge in [-0.25, -0.2) is 0 Å². The molecule has 0 saturated heterocycles. The highest BCUT2D eigenvalue weighted by Gasteiger charge is 2.33. The molecule has 1 aromatic rings. The predicted molar refractivity (Wildman–Crippen MR) is 84.0 cm³/mol. The van der Waals surface area contributed by atoms with E-state index in [1.165, 1.54) is 12.8 Å². The molecule has 0 bridgehead atoms. The molecule has 0 radical (unpaired) electrons. The highest BCUT2D eigenvalue weighted by Crippen LogP contribution is 2.38. The maximum atomic E-state index is 9.70. The number of benzene rings is 1. The van der Waals surface area contributed by atoms with Gasteiger partial charge in [0.05, 0.1) is 14.2 Å². The van der Waals surface area contributed by atoms with Crippen LogP contribution in [0.25, 0.3) is 0 Å². The second kappa shape index (κ2) is 7.14. The molecule has 1 aliphatic rings. The topological polar surface area (TPSA) is 50.7 Å². The van der Waals surface area contributed by atoms with E-state index in [0.717, 1.165) is 36.4 Å². The van der Waals surface area contributed by atoms with Crippen molar-refractivity contribution in [3.8, 4) is 11.5 Å². The Hall–Kier alpha value is -1.26. The fourth-order valence-corrected chi connectivity index (χ4v) is 3.17. The van der Waals surface area contributed by atoms with Gasteiger partial charge in [-0.3, -0.25) is 0 Å². The second-order valence-corrected chi connectivity index (χ2v) is 6.08.